The van der Waals surface area contributed by atoms with Crippen LogP contribution in [0.25, 0.3) is 0 Å². The van der Waals surface area contributed by atoms with Crippen LogP contribution in [0.3, 0.4) is 0 Å². The molecule has 3 atom stereocenters. The predicted molar refractivity (Wildman–Crippen MR) is 62.7 cm³/mol. The van der Waals surface area contributed by atoms with E-state index in [-0.39, 0.29) is 0 Å². The molecule has 2 saturated heterocycles. The SMILES string of the molecule is CN=C(NCCOC)NC1CC2CCC1O2. The van der Waals surface area contributed by atoms with Gasteiger partial charge in [0.2, 0.25) is 0 Å². The number of guanidine groups is 1. The van der Waals surface area contributed by atoms with E-state index < -0.39 is 0 Å². The molecule has 5 heteroatoms. The van der Waals surface area contributed by atoms with Crippen molar-refractivity contribution < 1.29 is 9.47 Å². The second kappa shape index (κ2) is 5.50. The number of hydrogen-bond donors (Lipinski definition) is 2. The maximum atomic E-state index is 5.79. The lowest BCUT2D eigenvalue weighted by molar-refractivity contribution is 0.0992. The average Bonchev–Trinajstić information content (AvgIpc) is 2.89. The van der Waals surface area contributed by atoms with Crippen LogP contribution >= 0.6 is 0 Å². The lowest BCUT2D eigenvalue weighted by Crippen LogP contribution is -2.48. The number of hydrogen-bond acceptors (Lipinski definition) is 3. The summed E-state index contributed by atoms with van der Waals surface area (Å²) in [6, 6.07) is 0.424. The van der Waals surface area contributed by atoms with Crippen LogP contribution in [0.2, 0.25) is 0 Å². The van der Waals surface area contributed by atoms with Gasteiger partial charge in [0, 0.05) is 20.7 Å². The largest absolute Gasteiger partial charge is 0.383 e. The fraction of sp³-hybridized carbons (Fsp3) is 0.909. The summed E-state index contributed by atoms with van der Waals surface area (Å²) in [7, 11) is 3.48. The Morgan fingerprint density at radius 3 is 2.94 bits per heavy atom. The zero-order valence-electron chi connectivity index (χ0n) is 10.0. The minimum absolute atomic E-state index is 0.381. The molecule has 2 aliphatic heterocycles. The molecule has 0 aromatic heterocycles. The molecule has 0 aromatic rings. The van der Waals surface area contributed by atoms with Crippen molar-refractivity contribution >= 4 is 5.96 Å². The molecule has 0 spiro atoms. The van der Waals surface area contributed by atoms with Gasteiger partial charge in [-0.25, -0.2) is 0 Å². The number of fused-ring (bicyclic) bond motifs is 2. The van der Waals surface area contributed by atoms with Gasteiger partial charge in [-0.15, -0.1) is 0 Å². The van der Waals surface area contributed by atoms with E-state index in [1.807, 2.05) is 0 Å². The lowest BCUT2D eigenvalue weighted by Gasteiger charge is -2.22. The fourth-order valence-electron chi connectivity index (χ4n) is 2.43. The second-order valence-corrected chi connectivity index (χ2v) is 4.35. The Labute approximate surface area is 96.6 Å². The van der Waals surface area contributed by atoms with Crippen LogP contribution in [0.5, 0.6) is 0 Å². The summed E-state index contributed by atoms with van der Waals surface area (Å²) >= 11 is 0. The van der Waals surface area contributed by atoms with Crippen LogP contribution in [0.4, 0.5) is 0 Å². The van der Waals surface area contributed by atoms with Crippen LogP contribution in [0.15, 0.2) is 4.99 Å². The number of nitrogens with zero attached hydrogens (tertiary/aromatic N) is 1. The molecule has 2 heterocycles. The third kappa shape index (κ3) is 2.65. The van der Waals surface area contributed by atoms with Gasteiger partial charge in [-0.05, 0) is 19.3 Å². The minimum Gasteiger partial charge on any atom is -0.383 e. The maximum absolute atomic E-state index is 5.79. The van der Waals surface area contributed by atoms with Gasteiger partial charge < -0.3 is 20.1 Å². The third-order valence-electron chi connectivity index (χ3n) is 3.25. The zero-order valence-corrected chi connectivity index (χ0v) is 10.0. The van der Waals surface area contributed by atoms with E-state index in [0.29, 0.717) is 24.9 Å². The van der Waals surface area contributed by atoms with Crippen LogP contribution < -0.4 is 10.6 Å². The van der Waals surface area contributed by atoms with E-state index in [0.717, 1.165) is 18.9 Å². The van der Waals surface area contributed by atoms with Crippen LogP contribution in [-0.4, -0.2) is 51.5 Å². The first-order chi connectivity index (χ1) is 7.83. The summed E-state index contributed by atoms with van der Waals surface area (Å²) in [5.74, 6) is 0.846. The highest BCUT2D eigenvalue weighted by Gasteiger charge is 2.40. The number of ether oxygens (including phenoxy) is 2. The quantitative estimate of drug-likeness (QED) is 0.407. The van der Waals surface area contributed by atoms with Crippen molar-refractivity contribution in [3.63, 3.8) is 0 Å². The molecule has 0 amide bonds. The normalized spacial score (nSPS) is 33.1. The highest BCUT2D eigenvalue weighted by molar-refractivity contribution is 5.80. The van der Waals surface area contributed by atoms with Crippen molar-refractivity contribution in [1.82, 2.24) is 10.6 Å². The molecule has 0 aliphatic carbocycles. The molecule has 92 valence electrons. The Balaban J connectivity index is 1.74. The van der Waals surface area contributed by atoms with Crippen molar-refractivity contribution in [1.29, 1.82) is 0 Å². The van der Waals surface area contributed by atoms with Gasteiger partial charge in [-0.1, -0.05) is 0 Å². The molecule has 3 unspecified atom stereocenters. The molecule has 0 aromatic carbocycles. The van der Waals surface area contributed by atoms with E-state index >= 15 is 0 Å². The third-order valence-corrected chi connectivity index (χ3v) is 3.25. The van der Waals surface area contributed by atoms with Gasteiger partial charge in [0.05, 0.1) is 24.9 Å². The number of methoxy groups -OCH3 is 1. The van der Waals surface area contributed by atoms with E-state index in [4.69, 9.17) is 9.47 Å². The summed E-state index contributed by atoms with van der Waals surface area (Å²) in [5, 5.41) is 6.63. The highest BCUT2D eigenvalue weighted by atomic mass is 16.5. The number of rotatable bonds is 4. The Kier molecular flexibility index (Phi) is 4.01. The van der Waals surface area contributed by atoms with Gasteiger partial charge >= 0.3 is 0 Å². The van der Waals surface area contributed by atoms with E-state index in [1.54, 1.807) is 14.2 Å². The summed E-state index contributed by atoms with van der Waals surface area (Å²) in [6.45, 7) is 1.46. The number of aliphatic imine (C=N–C) groups is 1. The average molecular weight is 227 g/mol. The standard InChI is InChI=1S/C11H21N3O2/c1-12-11(13-5-6-15-2)14-9-7-8-3-4-10(9)16-8/h8-10H,3-7H2,1-2H3,(H2,12,13,14). The van der Waals surface area contributed by atoms with E-state index in [1.165, 1.54) is 12.8 Å². The second-order valence-electron chi connectivity index (χ2n) is 4.35. The molecular weight excluding hydrogens is 206 g/mol. The topological polar surface area (TPSA) is 54.9 Å². The van der Waals surface area contributed by atoms with Crippen LogP contribution in [0.1, 0.15) is 19.3 Å². The Morgan fingerprint density at radius 1 is 1.50 bits per heavy atom. The summed E-state index contributed by atoms with van der Waals surface area (Å²) in [5.41, 5.74) is 0. The Bertz CT molecular complexity index is 258. The van der Waals surface area contributed by atoms with Crippen molar-refractivity contribution in [3.05, 3.63) is 0 Å². The molecule has 2 fully saturated rings. The molecule has 2 N–H and O–H groups in total. The first kappa shape index (κ1) is 11.7. The predicted octanol–water partition coefficient (Wildman–Crippen LogP) is 0.118. The summed E-state index contributed by atoms with van der Waals surface area (Å²) < 4.78 is 10.8. The summed E-state index contributed by atoms with van der Waals surface area (Å²) in [4.78, 5) is 4.19. The smallest absolute Gasteiger partial charge is 0.191 e. The van der Waals surface area contributed by atoms with Crippen molar-refractivity contribution in [2.24, 2.45) is 4.99 Å². The van der Waals surface area contributed by atoms with Crippen molar-refractivity contribution in [2.45, 2.75) is 37.5 Å². The fourth-order valence-corrected chi connectivity index (χ4v) is 2.43. The Morgan fingerprint density at radius 2 is 2.38 bits per heavy atom. The van der Waals surface area contributed by atoms with Gasteiger partial charge in [-0.3, -0.25) is 4.99 Å². The van der Waals surface area contributed by atoms with Gasteiger partial charge in [0.1, 0.15) is 0 Å². The highest BCUT2D eigenvalue weighted by Crippen LogP contribution is 2.34. The molecule has 0 saturated carbocycles. The van der Waals surface area contributed by atoms with Crippen molar-refractivity contribution in [2.75, 3.05) is 27.3 Å². The number of nitrogens with one attached hydrogen (secondary N) is 2. The van der Waals surface area contributed by atoms with E-state index in [9.17, 15) is 0 Å². The van der Waals surface area contributed by atoms with E-state index in [2.05, 4.69) is 15.6 Å². The van der Waals surface area contributed by atoms with Gasteiger partial charge in [-0.2, -0.15) is 0 Å². The molecule has 2 rings (SSSR count). The lowest BCUT2D eigenvalue weighted by atomic mass is 9.96. The molecule has 0 radical (unpaired) electrons. The molecule has 2 aliphatic rings. The first-order valence-electron chi connectivity index (χ1n) is 5.95. The maximum Gasteiger partial charge on any atom is 0.191 e. The summed E-state index contributed by atoms with van der Waals surface area (Å²) in [6.07, 6.45) is 4.36. The molecule has 5 nitrogen and oxygen atoms in total. The molecule has 2 bridgehead atoms. The van der Waals surface area contributed by atoms with Crippen molar-refractivity contribution in [3.8, 4) is 0 Å². The Hall–Kier alpha value is -0.810. The molecular formula is C11H21N3O2. The van der Waals surface area contributed by atoms with Crippen LogP contribution in [-0.2, 0) is 9.47 Å². The first-order valence-corrected chi connectivity index (χ1v) is 5.95. The zero-order chi connectivity index (χ0) is 11.4. The molecule has 16 heavy (non-hydrogen) atoms. The van der Waals surface area contributed by atoms with Gasteiger partial charge in [0.25, 0.3) is 0 Å². The van der Waals surface area contributed by atoms with Gasteiger partial charge in [0.15, 0.2) is 5.96 Å². The monoisotopic (exact) mass is 227 g/mol. The minimum atomic E-state index is 0.381. The van der Waals surface area contributed by atoms with Crippen LogP contribution in [0, 0.1) is 0 Å².